The molecule has 0 unspecified atom stereocenters. The number of methoxy groups -OCH3 is 3. The Morgan fingerprint density at radius 2 is 1.75 bits per heavy atom. The molecule has 0 aliphatic heterocycles. The number of aromatic amines is 1. The third-order valence-corrected chi connectivity index (χ3v) is 3.61. The van der Waals surface area contributed by atoms with Gasteiger partial charge in [0.2, 0.25) is 5.75 Å². The lowest BCUT2D eigenvalue weighted by Crippen LogP contribution is -1.97. The Morgan fingerprint density at radius 3 is 2.38 bits per heavy atom. The maximum atomic E-state index is 5.34. The van der Waals surface area contributed by atoms with Crippen molar-refractivity contribution < 1.29 is 14.2 Å². The van der Waals surface area contributed by atoms with Crippen LogP contribution in [-0.4, -0.2) is 37.5 Å². The second-order valence-electron chi connectivity index (χ2n) is 5.13. The van der Waals surface area contributed by atoms with Crippen molar-refractivity contribution in [2.24, 2.45) is 4.99 Å². The zero-order valence-corrected chi connectivity index (χ0v) is 13.9. The summed E-state index contributed by atoms with van der Waals surface area (Å²) in [7, 11) is 4.76. The van der Waals surface area contributed by atoms with E-state index in [0.29, 0.717) is 23.8 Å². The molecular weight excluding hydrogens is 306 g/mol. The number of H-pyrrole nitrogens is 1. The van der Waals surface area contributed by atoms with E-state index in [1.54, 1.807) is 27.5 Å². The summed E-state index contributed by atoms with van der Waals surface area (Å²) >= 11 is 0. The molecule has 0 bridgehead atoms. The van der Waals surface area contributed by atoms with Crippen LogP contribution in [0.1, 0.15) is 11.4 Å². The molecule has 0 spiro atoms. The summed E-state index contributed by atoms with van der Waals surface area (Å²) in [4.78, 5) is 12.2. The first kappa shape index (κ1) is 15.9. The van der Waals surface area contributed by atoms with Crippen LogP contribution in [0.4, 0.5) is 0 Å². The Bertz CT molecular complexity index is 813. The van der Waals surface area contributed by atoms with Crippen molar-refractivity contribution in [1.82, 2.24) is 9.97 Å². The summed E-state index contributed by atoms with van der Waals surface area (Å²) in [6, 6.07) is 11.6. The maximum Gasteiger partial charge on any atom is 0.203 e. The molecule has 3 rings (SSSR count). The molecule has 6 nitrogen and oxygen atoms in total. The summed E-state index contributed by atoms with van der Waals surface area (Å²) in [5.74, 6) is 2.58. The van der Waals surface area contributed by atoms with Gasteiger partial charge in [0.05, 0.1) is 38.9 Å². The highest BCUT2D eigenvalue weighted by molar-refractivity contribution is 5.82. The SMILES string of the molecule is COc1cc(C=NCc2nc3ccccc3[nH]2)cc(OC)c1OC. The lowest BCUT2D eigenvalue weighted by Gasteiger charge is -2.12. The van der Waals surface area contributed by atoms with Crippen molar-refractivity contribution in [1.29, 1.82) is 0 Å². The molecule has 0 saturated carbocycles. The molecule has 24 heavy (non-hydrogen) atoms. The lowest BCUT2D eigenvalue weighted by atomic mass is 10.2. The van der Waals surface area contributed by atoms with E-state index in [9.17, 15) is 0 Å². The molecule has 124 valence electrons. The highest BCUT2D eigenvalue weighted by Gasteiger charge is 2.12. The number of hydrogen-bond donors (Lipinski definition) is 1. The number of fused-ring (bicyclic) bond motifs is 1. The molecule has 0 saturated heterocycles. The van der Waals surface area contributed by atoms with Gasteiger partial charge in [0.1, 0.15) is 5.82 Å². The zero-order valence-electron chi connectivity index (χ0n) is 13.9. The van der Waals surface area contributed by atoms with E-state index < -0.39 is 0 Å². The van der Waals surface area contributed by atoms with Crippen LogP contribution in [0.25, 0.3) is 11.0 Å². The van der Waals surface area contributed by atoms with Crippen LogP contribution in [0.3, 0.4) is 0 Å². The fourth-order valence-corrected chi connectivity index (χ4v) is 2.49. The van der Waals surface area contributed by atoms with E-state index >= 15 is 0 Å². The molecule has 1 aromatic heterocycles. The van der Waals surface area contributed by atoms with E-state index in [1.165, 1.54) is 0 Å². The quantitative estimate of drug-likeness (QED) is 0.707. The second kappa shape index (κ2) is 7.04. The van der Waals surface area contributed by atoms with Crippen molar-refractivity contribution >= 4 is 17.2 Å². The van der Waals surface area contributed by atoms with E-state index in [4.69, 9.17) is 14.2 Å². The van der Waals surface area contributed by atoms with Gasteiger partial charge in [-0.2, -0.15) is 0 Å². The second-order valence-corrected chi connectivity index (χ2v) is 5.13. The standard InChI is InChI=1S/C18H19N3O3/c1-22-15-8-12(9-16(23-2)18(15)24-3)10-19-11-17-20-13-6-4-5-7-14(13)21-17/h4-10H,11H2,1-3H3,(H,20,21). The molecule has 0 atom stereocenters. The molecule has 0 radical (unpaired) electrons. The Labute approximate surface area is 140 Å². The van der Waals surface area contributed by atoms with Crippen LogP contribution in [0.2, 0.25) is 0 Å². The third kappa shape index (κ3) is 3.17. The Morgan fingerprint density at radius 1 is 1.04 bits per heavy atom. The van der Waals surface area contributed by atoms with Crippen LogP contribution in [0.15, 0.2) is 41.4 Å². The maximum absolute atomic E-state index is 5.34. The van der Waals surface area contributed by atoms with Crippen LogP contribution >= 0.6 is 0 Å². The van der Waals surface area contributed by atoms with Gasteiger partial charge in [-0.1, -0.05) is 12.1 Å². The van der Waals surface area contributed by atoms with Gasteiger partial charge in [0, 0.05) is 6.21 Å². The van der Waals surface area contributed by atoms with Crippen molar-refractivity contribution in [3.05, 3.63) is 47.8 Å². The van der Waals surface area contributed by atoms with Crippen LogP contribution in [0, 0.1) is 0 Å². The normalized spacial score (nSPS) is 11.1. The Hall–Kier alpha value is -3.02. The molecule has 2 aromatic carbocycles. The molecule has 3 aromatic rings. The minimum atomic E-state index is 0.464. The first-order chi connectivity index (χ1) is 11.7. The number of nitrogens with one attached hydrogen (secondary N) is 1. The van der Waals surface area contributed by atoms with Crippen molar-refractivity contribution in [2.75, 3.05) is 21.3 Å². The molecule has 0 aliphatic carbocycles. The summed E-state index contributed by atoms with van der Waals surface area (Å²) in [6.45, 7) is 0.464. The predicted octanol–water partition coefficient (Wildman–Crippen LogP) is 3.21. The van der Waals surface area contributed by atoms with Gasteiger partial charge in [0.15, 0.2) is 11.5 Å². The first-order valence-electron chi connectivity index (χ1n) is 7.48. The Kier molecular flexibility index (Phi) is 4.65. The van der Waals surface area contributed by atoms with Gasteiger partial charge in [-0.3, -0.25) is 4.99 Å². The largest absolute Gasteiger partial charge is 0.493 e. The highest BCUT2D eigenvalue weighted by Crippen LogP contribution is 2.37. The predicted molar refractivity (Wildman–Crippen MR) is 93.5 cm³/mol. The summed E-state index contributed by atoms with van der Waals surface area (Å²) in [5, 5.41) is 0. The fourth-order valence-electron chi connectivity index (χ4n) is 2.49. The van der Waals surface area contributed by atoms with Gasteiger partial charge in [0.25, 0.3) is 0 Å². The fraction of sp³-hybridized carbons (Fsp3) is 0.222. The number of ether oxygens (including phenoxy) is 3. The molecule has 0 amide bonds. The molecule has 1 heterocycles. The van der Waals surface area contributed by atoms with Gasteiger partial charge in [-0.05, 0) is 29.8 Å². The number of rotatable bonds is 6. The van der Waals surface area contributed by atoms with Crippen molar-refractivity contribution in [2.45, 2.75) is 6.54 Å². The molecule has 0 aliphatic rings. The Balaban J connectivity index is 1.80. The van der Waals surface area contributed by atoms with E-state index in [-0.39, 0.29) is 0 Å². The number of nitrogens with zero attached hydrogens (tertiary/aromatic N) is 2. The van der Waals surface area contributed by atoms with Crippen LogP contribution in [0.5, 0.6) is 17.2 Å². The van der Waals surface area contributed by atoms with Gasteiger partial charge >= 0.3 is 0 Å². The van der Waals surface area contributed by atoms with Crippen LogP contribution in [-0.2, 0) is 6.54 Å². The number of hydrogen-bond acceptors (Lipinski definition) is 5. The third-order valence-electron chi connectivity index (χ3n) is 3.61. The van der Waals surface area contributed by atoms with Gasteiger partial charge < -0.3 is 19.2 Å². The topological polar surface area (TPSA) is 68.7 Å². The summed E-state index contributed by atoms with van der Waals surface area (Å²) in [6.07, 6.45) is 1.76. The molecule has 0 fully saturated rings. The zero-order chi connectivity index (χ0) is 16.9. The van der Waals surface area contributed by atoms with E-state index in [2.05, 4.69) is 15.0 Å². The number of para-hydroxylation sites is 2. The minimum Gasteiger partial charge on any atom is -0.493 e. The average Bonchev–Trinajstić information content (AvgIpc) is 3.03. The summed E-state index contributed by atoms with van der Waals surface area (Å²) < 4.78 is 16.0. The lowest BCUT2D eigenvalue weighted by molar-refractivity contribution is 0.324. The van der Waals surface area contributed by atoms with E-state index in [0.717, 1.165) is 22.4 Å². The number of aromatic nitrogens is 2. The first-order valence-corrected chi connectivity index (χ1v) is 7.48. The molecule has 6 heteroatoms. The minimum absolute atomic E-state index is 0.464. The number of aliphatic imine (C=N–C) groups is 1. The molecular formula is C18H19N3O3. The molecule has 1 N–H and O–H groups in total. The summed E-state index contributed by atoms with van der Waals surface area (Å²) in [5.41, 5.74) is 2.81. The van der Waals surface area contributed by atoms with Crippen molar-refractivity contribution in [3.8, 4) is 17.2 Å². The average molecular weight is 325 g/mol. The van der Waals surface area contributed by atoms with Gasteiger partial charge in [-0.25, -0.2) is 4.98 Å². The van der Waals surface area contributed by atoms with Crippen molar-refractivity contribution in [3.63, 3.8) is 0 Å². The van der Waals surface area contributed by atoms with E-state index in [1.807, 2.05) is 36.4 Å². The number of imidazole rings is 1. The highest BCUT2D eigenvalue weighted by atomic mass is 16.5. The van der Waals surface area contributed by atoms with Crippen LogP contribution < -0.4 is 14.2 Å². The monoisotopic (exact) mass is 325 g/mol. The van der Waals surface area contributed by atoms with Gasteiger partial charge in [-0.15, -0.1) is 0 Å². The smallest absolute Gasteiger partial charge is 0.203 e. The number of benzene rings is 2.